The van der Waals surface area contributed by atoms with E-state index in [2.05, 4.69) is 26.8 Å². The summed E-state index contributed by atoms with van der Waals surface area (Å²) in [5, 5.41) is 0.249. The van der Waals surface area contributed by atoms with Crippen LogP contribution in [0.2, 0.25) is 5.02 Å². The number of rotatable bonds is 2. The van der Waals surface area contributed by atoms with Crippen LogP contribution >= 0.6 is 27.5 Å². The second-order valence-corrected chi connectivity index (χ2v) is 5.34. The quantitative estimate of drug-likeness (QED) is 0.796. The molecule has 4 nitrogen and oxygen atoms in total. The molecule has 21 heavy (non-hydrogen) atoms. The second kappa shape index (κ2) is 6.69. The summed E-state index contributed by atoms with van der Waals surface area (Å²) < 4.78 is 14.1. The molecule has 2 rings (SSSR count). The smallest absolute Gasteiger partial charge is 0.267 e. The lowest BCUT2D eigenvalue weighted by Gasteiger charge is -2.09. The van der Waals surface area contributed by atoms with E-state index in [0.717, 1.165) is 6.07 Å². The van der Waals surface area contributed by atoms with Gasteiger partial charge in [-0.25, -0.2) is 4.39 Å². The summed E-state index contributed by atoms with van der Waals surface area (Å²) in [5.41, 5.74) is 4.33. The molecule has 108 valence electrons. The van der Waals surface area contributed by atoms with Crippen molar-refractivity contribution in [2.45, 2.75) is 0 Å². The zero-order valence-corrected chi connectivity index (χ0v) is 12.8. The molecule has 0 atom stereocenters. The predicted molar refractivity (Wildman–Crippen MR) is 80.5 cm³/mol. The van der Waals surface area contributed by atoms with Crippen LogP contribution in [0.4, 0.5) is 4.39 Å². The Kier molecular flexibility index (Phi) is 4.93. The van der Waals surface area contributed by atoms with E-state index >= 15 is 0 Å². The lowest BCUT2D eigenvalue weighted by atomic mass is 10.2. The molecule has 2 aromatic rings. The Morgan fingerprint density at radius 2 is 1.62 bits per heavy atom. The highest BCUT2D eigenvalue weighted by Gasteiger charge is 2.14. The first-order chi connectivity index (χ1) is 9.99. The number of benzene rings is 2. The Labute approximate surface area is 133 Å². The van der Waals surface area contributed by atoms with Crippen molar-refractivity contribution in [2.75, 3.05) is 0 Å². The van der Waals surface area contributed by atoms with Crippen LogP contribution in [-0.4, -0.2) is 11.8 Å². The molecule has 0 saturated carbocycles. The molecule has 0 saturated heterocycles. The summed E-state index contributed by atoms with van der Waals surface area (Å²) in [6, 6.07) is 10.3. The van der Waals surface area contributed by atoms with Gasteiger partial charge in [-0.05, 0) is 30.3 Å². The fraction of sp³-hybridized carbons (Fsp3) is 0. The zero-order chi connectivity index (χ0) is 15.4. The highest BCUT2D eigenvalue weighted by Crippen LogP contribution is 2.16. The minimum Gasteiger partial charge on any atom is -0.267 e. The molecule has 0 fully saturated rings. The van der Waals surface area contributed by atoms with E-state index in [4.69, 9.17) is 11.6 Å². The fourth-order valence-corrected chi connectivity index (χ4v) is 2.12. The van der Waals surface area contributed by atoms with Crippen molar-refractivity contribution in [1.29, 1.82) is 0 Å². The van der Waals surface area contributed by atoms with Gasteiger partial charge in [0.05, 0.1) is 16.1 Å². The lowest BCUT2D eigenvalue weighted by Crippen LogP contribution is -2.42. The van der Waals surface area contributed by atoms with E-state index in [0.29, 0.717) is 4.47 Å². The third kappa shape index (κ3) is 3.80. The number of amides is 2. The maximum absolute atomic E-state index is 13.6. The monoisotopic (exact) mass is 370 g/mol. The SMILES string of the molecule is O=C(NNC(=O)c1ccccc1Cl)c1ccc(Br)cc1F. The minimum atomic E-state index is -0.764. The average Bonchev–Trinajstić information content (AvgIpc) is 2.45. The van der Waals surface area contributed by atoms with E-state index in [1.165, 1.54) is 18.2 Å². The molecule has 0 aliphatic carbocycles. The average molecular weight is 372 g/mol. The van der Waals surface area contributed by atoms with Crippen LogP contribution in [-0.2, 0) is 0 Å². The molecule has 0 unspecified atom stereocenters. The zero-order valence-electron chi connectivity index (χ0n) is 10.5. The van der Waals surface area contributed by atoms with Gasteiger partial charge in [0.1, 0.15) is 5.82 Å². The summed E-state index contributed by atoms with van der Waals surface area (Å²) in [7, 11) is 0. The van der Waals surface area contributed by atoms with Gasteiger partial charge in [0.2, 0.25) is 0 Å². The first-order valence-corrected chi connectivity index (χ1v) is 6.96. The Morgan fingerprint density at radius 1 is 1.00 bits per heavy atom. The number of halogens is 3. The molecular weight excluding hydrogens is 363 g/mol. The van der Waals surface area contributed by atoms with Gasteiger partial charge in [-0.15, -0.1) is 0 Å². The maximum atomic E-state index is 13.6. The standard InChI is InChI=1S/C14H9BrClFN2O2/c15-8-5-6-10(12(17)7-8)14(21)19-18-13(20)9-3-1-2-4-11(9)16/h1-7H,(H,18,20)(H,19,21). The van der Waals surface area contributed by atoms with Gasteiger partial charge in [0.15, 0.2) is 0 Å². The molecule has 0 spiro atoms. The van der Waals surface area contributed by atoms with E-state index in [1.54, 1.807) is 18.2 Å². The number of hydrazine groups is 1. The van der Waals surface area contributed by atoms with Gasteiger partial charge in [-0.2, -0.15) is 0 Å². The van der Waals surface area contributed by atoms with Crippen molar-refractivity contribution in [2.24, 2.45) is 0 Å². The van der Waals surface area contributed by atoms with Crippen molar-refractivity contribution in [1.82, 2.24) is 10.9 Å². The third-order valence-electron chi connectivity index (χ3n) is 2.58. The van der Waals surface area contributed by atoms with Gasteiger partial charge in [0.25, 0.3) is 11.8 Å². The summed E-state index contributed by atoms with van der Waals surface area (Å²) in [6.45, 7) is 0. The number of hydrogen-bond donors (Lipinski definition) is 2. The summed E-state index contributed by atoms with van der Waals surface area (Å²) >= 11 is 8.95. The van der Waals surface area contributed by atoms with Gasteiger partial charge >= 0.3 is 0 Å². The van der Waals surface area contributed by atoms with Crippen molar-refractivity contribution in [3.63, 3.8) is 0 Å². The van der Waals surface area contributed by atoms with Gasteiger partial charge < -0.3 is 0 Å². The van der Waals surface area contributed by atoms with Gasteiger partial charge in [-0.1, -0.05) is 39.7 Å². The number of carbonyl (C=O) groups excluding carboxylic acids is 2. The normalized spacial score (nSPS) is 10.0. The molecule has 2 aromatic carbocycles. The molecule has 0 heterocycles. The maximum Gasteiger partial charge on any atom is 0.272 e. The van der Waals surface area contributed by atoms with Crippen LogP contribution in [0.25, 0.3) is 0 Å². The Balaban J connectivity index is 2.04. The van der Waals surface area contributed by atoms with E-state index in [-0.39, 0.29) is 16.1 Å². The molecular formula is C14H9BrClFN2O2. The molecule has 2 amide bonds. The van der Waals surface area contributed by atoms with Crippen LogP contribution in [0.5, 0.6) is 0 Å². The summed E-state index contributed by atoms with van der Waals surface area (Å²) in [5.74, 6) is -2.05. The highest BCUT2D eigenvalue weighted by molar-refractivity contribution is 9.10. The van der Waals surface area contributed by atoms with Crippen LogP contribution < -0.4 is 10.9 Å². The van der Waals surface area contributed by atoms with Crippen molar-refractivity contribution in [3.05, 3.63) is 68.9 Å². The van der Waals surface area contributed by atoms with Crippen molar-refractivity contribution < 1.29 is 14.0 Å². The second-order valence-electron chi connectivity index (χ2n) is 4.01. The first kappa shape index (κ1) is 15.5. The Morgan fingerprint density at radius 3 is 2.24 bits per heavy atom. The van der Waals surface area contributed by atoms with Gasteiger partial charge in [-0.3, -0.25) is 20.4 Å². The number of carbonyl (C=O) groups is 2. The van der Waals surface area contributed by atoms with Crippen LogP contribution in [0, 0.1) is 5.82 Å². The Hall–Kier alpha value is -1.92. The van der Waals surface area contributed by atoms with Crippen LogP contribution in [0.15, 0.2) is 46.9 Å². The van der Waals surface area contributed by atoms with E-state index in [1.807, 2.05) is 0 Å². The molecule has 0 aromatic heterocycles. The molecule has 0 radical (unpaired) electrons. The highest BCUT2D eigenvalue weighted by atomic mass is 79.9. The molecule has 0 aliphatic rings. The number of hydrogen-bond acceptors (Lipinski definition) is 2. The van der Waals surface area contributed by atoms with Crippen LogP contribution in [0.1, 0.15) is 20.7 Å². The number of nitrogens with one attached hydrogen (secondary N) is 2. The topological polar surface area (TPSA) is 58.2 Å². The summed E-state index contributed by atoms with van der Waals surface area (Å²) in [4.78, 5) is 23.6. The fourth-order valence-electron chi connectivity index (χ4n) is 1.57. The molecule has 7 heteroatoms. The van der Waals surface area contributed by atoms with E-state index in [9.17, 15) is 14.0 Å². The molecule has 2 N–H and O–H groups in total. The minimum absolute atomic E-state index is 0.183. The first-order valence-electron chi connectivity index (χ1n) is 5.79. The molecule has 0 bridgehead atoms. The Bertz CT molecular complexity index is 709. The third-order valence-corrected chi connectivity index (χ3v) is 3.41. The van der Waals surface area contributed by atoms with Crippen LogP contribution in [0.3, 0.4) is 0 Å². The van der Waals surface area contributed by atoms with E-state index < -0.39 is 17.6 Å². The predicted octanol–water partition coefficient (Wildman–Crippen LogP) is 3.32. The van der Waals surface area contributed by atoms with Gasteiger partial charge in [0, 0.05) is 4.47 Å². The summed E-state index contributed by atoms with van der Waals surface area (Å²) in [6.07, 6.45) is 0. The van der Waals surface area contributed by atoms with Crippen molar-refractivity contribution >= 4 is 39.3 Å². The van der Waals surface area contributed by atoms with Crippen molar-refractivity contribution in [3.8, 4) is 0 Å². The largest absolute Gasteiger partial charge is 0.272 e. The lowest BCUT2D eigenvalue weighted by molar-refractivity contribution is 0.0844. The molecule has 0 aliphatic heterocycles.